The van der Waals surface area contributed by atoms with Crippen LogP contribution in [0.4, 0.5) is 5.69 Å². The van der Waals surface area contributed by atoms with Crippen molar-refractivity contribution in [2.24, 2.45) is 0 Å². The molecule has 96 valence electrons. The summed E-state index contributed by atoms with van der Waals surface area (Å²) in [6.07, 6.45) is 0. The quantitative estimate of drug-likeness (QED) is 0.827. The number of rotatable bonds is 4. The van der Waals surface area contributed by atoms with Crippen molar-refractivity contribution in [3.8, 4) is 11.4 Å². The average molecular weight is 247 g/mol. The molecule has 1 aromatic heterocycles. The molecule has 0 fully saturated rings. The number of hydrogen-bond acceptors (Lipinski definition) is 5. The van der Waals surface area contributed by atoms with Gasteiger partial charge >= 0.3 is 0 Å². The van der Waals surface area contributed by atoms with Crippen molar-refractivity contribution in [3.05, 3.63) is 23.8 Å². The molecule has 2 aromatic rings. The number of nitrogen functional groups attached to an aromatic ring is 1. The number of ether oxygens (including phenoxy) is 1. The van der Waals surface area contributed by atoms with Crippen molar-refractivity contribution in [2.45, 2.75) is 19.9 Å². The van der Waals surface area contributed by atoms with Crippen LogP contribution in [-0.4, -0.2) is 33.9 Å². The van der Waals surface area contributed by atoms with Crippen molar-refractivity contribution in [1.29, 1.82) is 0 Å². The summed E-state index contributed by atoms with van der Waals surface area (Å²) in [7, 11) is 1.65. The number of benzene rings is 1. The molecule has 1 heterocycles. The maximum atomic E-state index is 5.98. The minimum atomic E-state index is 0.0555. The van der Waals surface area contributed by atoms with Crippen LogP contribution in [0.5, 0.6) is 0 Å². The second-order valence-corrected chi connectivity index (χ2v) is 4.34. The Morgan fingerprint density at radius 3 is 2.94 bits per heavy atom. The van der Waals surface area contributed by atoms with Gasteiger partial charge < -0.3 is 10.5 Å². The highest BCUT2D eigenvalue weighted by atomic mass is 16.5. The summed E-state index contributed by atoms with van der Waals surface area (Å²) in [5.74, 6) is 0.667. The molecule has 0 aliphatic rings. The summed E-state index contributed by atoms with van der Waals surface area (Å²) in [6, 6.07) is 5.87. The molecule has 0 bridgehead atoms. The molecule has 0 amide bonds. The highest BCUT2D eigenvalue weighted by molar-refractivity contribution is 5.72. The molecule has 1 atom stereocenters. The Balaban J connectivity index is 2.45. The molecule has 1 unspecified atom stereocenters. The predicted molar refractivity (Wildman–Crippen MR) is 69.0 cm³/mol. The lowest BCUT2D eigenvalue weighted by molar-refractivity contribution is 0.156. The van der Waals surface area contributed by atoms with Crippen LogP contribution in [0, 0.1) is 6.92 Å². The lowest BCUT2D eigenvalue weighted by Crippen LogP contribution is -2.14. The highest BCUT2D eigenvalue weighted by Gasteiger charge is 2.16. The molecule has 0 saturated heterocycles. The largest absolute Gasteiger partial charge is 0.398 e. The topological polar surface area (TPSA) is 78.8 Å². The second-order valence-electron chi connectivity index (χ2n) is 4.34. The maximum absolute atomic E-state index is 5.98. The number of methoxy groups -OCH3 is 1. The van der Waals surface area contributed by atoms with E-state index in [1.807, 2.05) is 32.0 Å². The molecule has 18 heavy (non-hydrogen) atoms. The van der Waals surface area contributed by atoms with Gasteiger partial charge in [-0.2, -0.15) is 0 Å². The lowest BCUT2D eigenvalue weighted by Gasteiger charge is -2.13. The number of hydrogen-bond donors (Lipinski definition) is 1. The van der Waals surface area contributed by atoms with E-state index in [9.17, 15) is 0 Å². The van der Waals surface area contributed by atoms with Crippen molar-refractivity contribution >= 4 is 5.69 Å². The monoisotopic (exact) mass is 247 g/mol. The molecule has 6 nitrogen and oxygen atoms in total. The molecule has 2 rings (SSSR count). The zero-order valence-electron chi connectivity index (χ0n) is 10.8. The molecule has 1 aromatic carbocycles. The fraction of sp³-hybridized carbons (Fsp3) is 0.417. The van der Waals surface area contributed by atoms with Gasteiger partial charge in [-0.15, -0.1) is 5.10 Å². The van der Waals surface area contributed by atoms with Crippen LogP contribution in [0.25, 0.3) is 11.4 Å². The van der Waals surface area contributed by atoms with E-state index in [2.05, 4.69) is 15.5 Å². The molecule has 0 saturated carbocycles. The van der Waals surface area contributed by atoms with Gasteiger partial charge in [0.05, 0.1) is 12.6 Å². The first-order valence-electron chi connectivity index (χ1n) is 5.76. The van der Waals surface area contributed by atoms with Gasteiger partial charge in [0.2, 0.25) is 0 Å². The fourth-order valence-electron chi connectivity index (χ4n) is 1.84. The summed E-state index contributed by atoms with van der Waals surface area (Å²) in [6.45, 7) is 4.55. The smallest absolute Gasteiger partial charge is 0.184 e. The minimum Gasteiger partial charge on any atom is -0.398 e. The molecular weight excluding hydrogens is 230 g/mol. The first kappa shape index (κ1) is 12.5. The molecule has 0 radical (unpaired) electrons. The van der Waals surface area contributed by atoms with Gasteiger partial charge in [-0.05, 0) is 36.4 Å². The SMILES string of the molecule is COCC(C)n1nnnc1-c1cc(C)ccc1N. The lowest BCUT2D eigenvalue weighted by atomic mass is 10.1. The Kier molecular flexibility index (Phi) is 3.57. The van der Waals surface area contributed by atoms with Crippen LogP contribution in [0.1, 0.15) is 18.5 Å². The van der Waals surface area contributed by atoms with Crippen LogP contribution in [-0.2, 0) is 4.74 Å². The van der Waals surface area contributed by atoms with Gasteiger partial charge in [-0.1, -0.05) is 11.6 Å². The number of anilines is 1. The number of nitrogens with zero attached hydrogens (tertiary/aromatic N) is 4. The Labute approximate surface area is 106 Å². The Morgan fingerprint density at radius 1 is 1.44 bits per heavy atom. The zero-order valence-corrected chi connectivity index (χ0v) is 10.8. The summed E-state index contributed by atoms with van der Waals surface area (Å²) >= 11 is 0. The van der Waals surface area contributed by atoms with Crippen molar-refractivity contribution in [3.63, 3.8) is 0 Å². The van der Waals surface area contributed by atoms with Crippen molar-refractivity contribution < 1.29 is 4.74 Å². The minimum absolute atomic E-state index is 0.0555. The van der Waals surface area contributed by atoms with E-state index < -0.39 is 0 Å². The molecule has 2 N–H and O–H groups in total. The third-order valence-corrected chi connectivity index (χ3v) is 2.77. The van der Waals surface area contributed by atoms with Gasteiger partial charge in [0.25, 0.3) is 0 Å². The third-order valence-electron chi connectivity index (χ3n) is 2.77. The summed E-state index contributed by atoms with van der Waals surface area (Å²) in [4.78, 5) is 0. The van der Waals surface area contributed by atoms with Gasteiger partial charge in [-0.25, -0.2) is 4.68 Å². The Hall–Kier alpha value is -1.95. The Bertz CT molecular complexity index is 537. The van der Waals surface area contributed by atoms with E-state index in [-0.39, 0.29) is 6.04 Å². The average Bonchev–Trinajstić information content (AvgIpc) is 2.81. The molecule has 6 heteroatoms. The second kappa shape index (κ2) is 5.14. The molecule has 0 aliphatic heterocycles. The summed E-state index contributed by atoms with van der Waals surface area (Å²) in [5, 5.41) is 11.8. The van der Waals surface area contributed by atoms with Gasteiger partial charge in [-0.3, -0.25) is 0 Å². The van der Waals surface area contributed by atoms with E-state index >= 15 is 0 Å². The van der Waals surface area contributed by atoms with Crippen LogP contribution < -0.4 is 5.73 Å². The van der Waals surface area contributed by atoms with Crippen molar-refractivity contribution in [2.75, 3.05) is 19.5 Å². The number of aryl methyl sites for hydroxylation is 1. The van der Waals surface area contributed by atoms with Crippen LogP contribution >= 0.6 is 0 Å². The van der Waals surface area contributed by atoms with Crippen LogP contribution in [0.15, 0.2) is 18.2 Å². The maximum Gasteiger partial charge on any atom is 0.184 e. The molecule has 0 aliphatic carbocycles. The first-order chi connectivity index (χ1) is 8.63. The normalized spacial score (nSPS) is 12.6. The van der Waals surface area contributed by atoms with Gasteiger partial charge in [0.1, 0.15) is 0 Å². The first-order valence-corrected chi connectivity index (χ1v) is 5.76. The fourth-order valence-corrected chi connectivity index (χ4v) is 1.84. The van der Waals surface area contributed by atoms with E-state index in [1.165, 1.54) is 0 Å². The van der Waals surface area contributed by atoms with Crippen LogP contribution in [0.2, 0.25) is 0 Å². The van der Waals surface area contributed by atoms with Crippen molar-refractivity contribution in [1.82, 2.24) is 20.2 Å². The van der Waals surface area contributed by atoms with E-state index in [1.54, 1.807) is 11.8 Å². The van der Waals surface area contributed by atoms with Crippen LogP contribution in [0.3, 0.4) is 0 Å². The van der Waals surface area contributed by atoms with E-state index in [0.29, 0.717) is 18.1 Å². The number of aromatic nitrogens is 4. The predicted octanol–water partition coefficient (Wildman–Crippen LogP) is 1.44. The third kappa shape index (κ3) is 2.33. The standard InChI is InChI=1S/C12H17N5O/c1-8-4-5-11(13)10(6-8)12-14-15-16-17(12)9(2)7-18-3/h4-6,9H,7,13H2,1-3H3. The molecular formula is C12H17N5O. The summed E-state index contributed by atoms with van der Waals surface area (Å²) in [5.41, 5.74) is 8.62. The number of nitrogens with two attached hydrogens (primary N) is 1. The van der Waals surface area contributed by atoms with E-state index in [4.69, 9.17) is 10.5 Å². The van der Waals surface area contributed by atoms with Gasteiger partial charge in [0.15, 0.2) is 5.82 Å². The van der Waals surface area contributed by atoms with Gasteiger partial charge in [0, 0.05) is 18.4 Å². The molecule has 0 spiro atoms. The summed E-state index contributed by atoms with van der Waals surface area (Å²) < 4.78 is 6.86. The number of tetrazole rings is 1. The highest BCUT2D eigenvalue weighted by Crippen LogP contribution is 2.26. The van der Waals surface area contributed by atoms with E-state index in [0.717, 1.165) is 11.1 Å². The zero-order chi connectivity index (χ0) is 13.1. The Morgan fingerprint density at radius 2 is 2.22 bits per heavy atom.